The quantitative estimate of drug-likeness (QED) is 0.912. The number of thiophene rings is 1. The lowest BCUT2D eigenvalue weighted by Gasteiger charge is -2.37. The highest BCUT2D eigenvalue weighted by molar-refractivity contribution is 7.12. The second-order valence-corrected chi connectivity index (χ2v) is 6.32. The first kappa shape index (κ1) is 17.8. The van der Waals surface area contributed by atoms with Crippen molar-refractivity contribution in [3.63, 3.8) is 0 Å². The summed E-state index contributed by atoms with van der Waals surface area (Å²) in [7, 11) is 0. The number of halogens is 4. The van der Waals surface area contributed by atoms with E-state index in [0.717, 1.165) is 42.0 Å². The van der Waals surface area contributed by atoms with E-state index in [9.17, 15) is 13.2 Å². The van der Waals surface area contributed by atoms with E-state index < -0.39 is 11.1 Å². The first-order valence-corrected chi connectivity index (χ1v) is 7.35. The molecule has 1 fully saturated rings. The van der Waals surface area contributed by atoms with Crippen LogP contribution < -0.4 is 5.73 Å². The van der Waals surface area contributed by atoms with Gasteiger partial charge < -0.3 is 5.73 Å². The van der Waals surface area contributed by atoms with Gasteiger partial charge in [-0.15, -0.1) is 23.7 Å². The highest BCUT2D eigenvalue weighted by Gasteiger charge is 2.33. The predicted octanol–water partition coefficient (Wildman–Crippen LogP) is 3.89. The van der Waals surface area contributed by atoms with Gasteiger partial charge in [-0.3, -0.25) is 4.90 Å². The highest BCUT2D eigenvalue weighted by atomic mass is 35.5. The van der Waals surface area contributed by atoms with Crippen molar-refractivity contribution in [2.24, 2.45) is 5.73 Å². The van der Waals surface area contributed by atoms with Gasteiger partial charge in [0.05, 0.1) is 0 Å². The SMILES string of the molecule is CC(N)C1CCCCN1Cc1ccc(C(F)(F)F)s1.Cl. The Morgan fingerprint density at radius 1 is 1.40 bits per heavy atom. The van der Waals surface area contributed by atoms with Crippen LogP contribution >= 0.6 is 23.7 Å². The predicted molar refractivity (Wildman–Crippen MR) is 78.3 cm³/mol. The summed E-state index contributed by atoms with van der Waals surface area (Å²) in [6.45, 7) is 3.47. The van der Waals surface area contributed by atoms with Crippen molar-refractivity contribution in [1.82, 2.24) is 4.90 Å². The largest absolute Gasteiger partial charge is 0.425 e. The fraction of sp³-hybridized carbons (Fsp3) is 0.692. The summed E-state index contributed by atoms with van der Waals surface area (Å²) < 4.78 is 37.7. The lowest BCUT2D eigenvalue weighted by Crippen LogP contribution is -2.48. The molecule has 116 valence electrons. The summed E-state index contributed by atoms with van der Waals surface area (Å²) in [5.41, 5.74) is 5.97. The van der Waals surface area contributed by atoms with Gasteiger partial charge in [-0.05, 0) is 38.4 Å². The normalized spacial score (nSPS) is 22.4. The van der Waals surface area contributed by atoms with Crippen molar-refractivity contribution in [1.29, 1.82) is 0 Å². The highest BCUT2D eigenvalue weighted by Crippen LogP contribution is 2.35. The Balaban J connectivity index is 0.00000200. The van der Waals surface area contributed by atoms with E-state index in [1.807, 2.05) is 6.92 Å². The van der Waals surface area contributed by atoms with E-state index in [1.165, 1.54) is 6.07 Å². The molecule has 0 amide bonds. The molecule has 1 saturated heterocycles. The average Bonchev–Trinajstić information content (AvgIpc) is 2.77. The fourth-order valence-corrected chi connectivity index (χ4v) is 3.52. The van der Waals surface area contributed by atoms with E-state index in [0.29, 0.717) is 6.54 Å². The molecule has 2 N–H and O–H groups in total. The Morgan fingerprint density at radius 3 is 2.65 bits per heavy atom. The second-order valence-electron chi connectivity index (χ2n) is 5.16. The molecule has 7 heteroatoms. The molecule has 0 aromatic carbocycles. The van der Waals surface area contributed by atoms with Crippen LogP contribution in [0.4, 0.5) is 13.2 Å². The summed E-state index contributed by atoms with van der Waals surface area (Å²) in [5.74, 6) is 0. The molecule has 1 aliphatic rings. The number of nitrogens with zero attached hydrogens (tertiary/aromatic N) is 1. The minimum Gasteiger partial charge on any atom is -0.327 e. The molecular formula is C13H20ClF3N2S. The van der Waals surface area contributed by atoms with Crippen LogP contribution in [0, 0.1) is 0 Å². The smallest absolute Gasteiger partial charge is 0.327 e. The fourth-order valence-electron chi connectivity index (χ4n) is 2.62. The van der Waals surface area contributed by atoms with Crippen LogP contribution in [-0.2, 0) is 12.7 Å². The molecule has 2 unspecified atom stereocenters. The van der Waals surface area contributed by atoms with Gasteiger partial charge in [-0.1, -0.05) is 6.42 Å². The van der Waals surface area contributed by atoms with Crippen LogP contribution in [0.25, 0.3) is 0 Å². The molecular weight excluding hydrogens is 309 g/mol. The molecule has 1 aromatic rings. The number of nitrogens with two attached hydrogens (primary N) is 1. The standard InChI is InChI=1S/C13H19F3N2S.ClH/c1-9(17)11-4-2-3-7-18(11)8-10-5-6-12(19-10)13(14,15)16;/h5-6,9,11H,2-4,7-8,17H2,1H3;1H. The number of likely N-dealkylation sites (tertiary alicyclic amines) is 1. The summed E-state index contributed by atoms with van der Waals surface area (Å²) in [6, 6.07) is 3.10. The van der Waals surface area contributed by atoms with Crippen molar-refractivity contribution in [3.8, 4) is 0 Å². The van der Waals surface area contributed by atoms with Gasteiger partial charge in [0.25, 0.3) is 0 Å². The number of rotatable bonds is 3. The molecule has 0 radical (unpaired) electrons. The number of hydrogen-bond acceptors (Lipinski definition) is 3. The van der Waals surface area contributed by atoms with Gasteiger partial charge in [-0.25, -0.2) is 0 Å². The van der Waals surface area contributed by atoms with Crippen molar-refractivity contribution in [2.75, 3.05) is 6.54 Å². The minimum absolute atomic E-state index is 0. The Hall–Kier alpha value is -0.300. The van der Waals surface area contributed by atoms with Crippen molar-refractivity contribution >= 4 is 23.7 Å². The maximum Gasteiger partial charge on any atom is 0.425 e. The number of piperidine rings is 1. The van der Waals surface area contributed by atoms with E-state index in [1.54, 1.807) is 6.07 Å². The minimum atomic E-state index is -4.23. The summed E-state index contributed by atoms with van der Waals surface area (Å²) in [4.78, 5) is 2.47. The third kappa shape index (κ3) is 4.35. The van der Waals surface area contributed by atoms with Gasteiger partial charge >= 0.3 is 6.18 Å². The Morgan fingerprint density at radius 2 is 2.10 bits per heavy atom. The molecule has 1 aromatic heterocycles. The van der Waals surface area contributed by atoms with Crippen LogP contribution in [0.3, 0.4) is 0 Å². The topological polar surface area (TPSA) is 29.3 Å². The van der Waals surface area contributed by atoms with Crippen molar-refractivity contribution < 1.29 is 13.2 Å². The Kier molecular flexibility index (Phi) is 6.31. The van der Waals surface area contributed by atoms with E-state index in [-0.39, 0.29) is 24.5 Å². The van der Waals surface area contributed by atoms with Crippen LogP contribution in [0.5, 0.6) is 0 Å². The van der Waals surface area contributed by atoms with Gasteiger partial charge in [-0.2, -0.15) is 13.2 Å². The number of hydrogen-bond donors (Lipinski definition) is 1. The Bertz CT molecular complexity index is 420. The molecule has 2 heterocycles. The summed E-state index contributed by atoms with van der Waals surface area (Å²) in [5, 5.41) is 0. The molecule has 2 atom stereocenters. The molecule has 20 heavy (non-hydrogen) atoms. The lowest BCUT2D eigenvalue weighted by molar-refractivity contribution is -0.134. The lowest BCUT2D eigenvalue weighted by atomic mass is 9.97. The third-order valence-electron chi connectivity index (χ3n) is 3.57. The van der Waals surface area contributed by atoms with Gasteiger partial charge in [0.2, 0.25) is 0 Å². The molecule has 0 saturated carbocycles. The zero-order valence-electron chi connectivity index (χ0n) is 11.3. The first-order chi connectivity index (χ1) is 8.88. The second kappa shape index (κ2) is 7.11. The third-order valence-corrected chi connectivity index (χ3v) is 4.69. The van der Waals surface area contributed by atoms with Gasteiger partial charge in [0.1, 0.15) is 4.88 Å². The van der Waals surface area contributed by atoms with E-state index in [2.05, 4.69) is 4.90 Å². The molecule has 2 nitrogen and oxygen atoms in total. The van der Waals surface area contributed by atoms with Crippen LogP contribution in [-0.4, -0.2) is 23.5 Å². The van der Waals surface area contributed by atoms with Crippen LogP contribution in [0.1, 0.15) is 35.9 Å². The Labute approximate surface area is 127 Å². The first-order valence-electron chi connectivity index (χ1n) is 6.53. The zero-order valence-corrected chi connectivity index (χ0v) is 13.0. The number of alkyl halides is 3. The summed E-state index contributed by atoms with van der Waals surface area (Å²) >= 11 is 0.840. The maximum absolute atomic E-state index is 12.6. The monoisotopic (exact) mass is 328 g/mol. The molecule has 2 rings (SSSR count). The summed E-state index contributed by atoms with van der Waals surface area (Å²) in [6.07, 6.45) is -0.942. The average molecular weight is 329 g/mol. The van der Waals surface area contributed by atoms with Crippen molar-refractivity contribution in [2.45, 2.75) is 51.0 Å². The van der Waals surface area contributed by atoms with Gasteiger partial charge in [0.15, 0.2) is 0 Å². The molecule has 0 spiro atoms. The maximum atomic E-state index is 12.6. The van der Waals surface area contributed by atoms with Gasteiger partial charge in [0, 0.05) is 23.5 Å². The van der Waals surface area contributed by atoms with E-state index in [4.69, 9.17) is 5.73 Å². The van der Waals surface area contributed by atoms with E-state index >= 15 is 0 Å². The molecule has 1 aliphatic heterocycles. The zero-order chi connectivity index (χ0) is 14.0. The van der Waals surface area contributed by atoms with Crippen LogP contribution in [0.2, 0.25) is 0 Å². The van der Waals surface area contributed by atoms with Crippen molar-refractivity contribution in [3.05, 3.63) is 21.9 Å². The molecule has 0 aliphatic carbocycles. The molecule has 0 bridgehead atoms. The van der Waals surface area contributed by atoms with Crippen LogP contribution in [0.15, 0.2) is 12.1 Å².